The molecule has 0 radical (unpaired) electrons. The molecule has 0 aliphatic heterocycles. The first kappa shape index (κ1) is 11.8. The third-order valence-electron chi connectivity index (χ3n) is 2.99. The van der Waals surface area contributed by atoms with Gasteiger partial charge in [0, 0.05) is 0 Å². The highest BCUT2D eigenvalue weighted by molar-refractivity contribution is 5.82. The Morgan fingerprint density at radius 1 is 1.20 bits per heavy atom. The van der Waals surface area contributed by atoms with Crippen molar-refractivity contribution in [3.8, 4) is 0 Å². The molecule has 0 saturated carbocycles. The quantitative estimate of drug-likeness (QED) is 0.789. The molecule has 0 fully saturated rings. The Kier molecular flexibility index (Phi) is 4.35. The molecule has 1 aromatic rings. The zero-order valence-electron chi connectivity index (χ0n) is 9.44. The Hall–Kier alpha value is -1.31. The number of hydrogen-bond acceptors (Lipinski definition) is 1. The SMILES string of the molecule is CCC(CC)C(C(N)=O)c1ccccc1. The minimum absolute atomic E-state index is 0.138. The summed E-state index contributed by atoms with van der Waals surface area (Å²) >= 11 is 0. The van der Waals surface area contributed by atoms with E-state index < -0.39 is 0 Å². The third kappa shape index (κ3) is 2.82. The minimum Gasteiger partial charge on any atom is -0.369 e. The van der Waals surface area contributed by atoms with E-state index in [1.54, 1.807) is 0 Å². The van der Waals surface area contributed by atoms with Gasteiger partial charge in [-0.05, 0) is 11.5 Å². The molecule has 0 aliphatic rings. The van der Waals surface area contributed by atoms with E-state index in [0.717, 1.165) is 18.4 Å². The van der Waals surface area contributed by atoms with E-state index in [4.69, 9.17) is 5.73 Å². The van der Waals surface area contributed by atoms with Gasteiger partial charge in [-0.25, -0.2) is 0 Å². The first-order valence-electron chi connectivity index (χ1n) is 5.54. The van der Waals surface area contributed by atoms with Crippen molar-refractivity contribution >= 4 is 5.91 Å². The highest BCUT2D eigenvalue weighted by Gasteiger charge is 2.25. The predicted molar refractivity (Wildman–Crippen MR) is 62.4 cm³/mol. The van der Waals surface area contributed by atoms with E-state index in [1.165, 1.54) is 0 Å². The van der Waals surface area contributed by atoms with Gasteiger partial charge in [0.25, 0.3) is 0 Å². The molecule has 0 heterocycles. The zero-order chi connectivity index (χ0) is 11.3. The zero-order valence-corrected chi connectivity index (χ0v) is 9.44. The van der Waals surface area contributed by atoms with Crippen molar-refractivity contribution in [3.05, 3.63) is 35.9 Å². The fraction of sp³-hybridized carbons (Fsp3) is 0.462. The van der Waals surface area contributed by atoms with Crippen LogP contribution >= 0.6 is 0 Å². The third-order valence-corrected chi connectivity index (χ3v) is 2.99. The van der Waals surface area contributed by atoms with Gasteiger partial charge in [0.15, 0.2) is 0 Å². The Bertz CT molecular complexity index is 304. The first-order valence-corrected chi connectivity index (χ1v) is 5.54. The fourth-order valence-electron chi connectivity index (χ4n) is 2.09. The maximum absolute atomic E-state index is 11.5. The van der Waals surface area contributed by atoms with Crippen molar-refractivity contribution in [2.75, 3.05) is 0 Å². The number of primary amides is 1. The standard InChI is InChI=1S/C13H19NO/c1-3-10(4-2)12(13(14)15)11-8-6-5-7-9-11/h5-10,12H,3-4H2,1-2H3,(H2,14,15). The highest BCUT2D eigenvalue weighted by atomic mass is 16.1. The Morgan fingerprint density at radius 2 is 1.73 bits per heavy atom. The van der Waals surface area contributed by atoms with Crippen LogP contribution in [0, 0.1) is 5.92 Å². The van der Waals surface area contributed by atoms with Gasteiger partial charge in [-0.15, -0.1) is 0 Å². The van der Waals surface area contributed by atoms with Crippen molar-refractivity contribution < 1.29 is 4.79 Å². The summed E-state index contributed by atoms with van der Waals surface area (Å²) in [7, 11) is 0. The molecule has 15 heavy (non-hydrogen) atoms. The summed E-state index contributed by atoms with van der Waals surface area (Å²) in [6, 6.07) is 9.82. The van der Waals surface area contributed by atoms with E-state index >= 15 is 0 Å². The smallest absolute Gasteiger partial charge is 0.225 e. The van der Waals surface area contributed by atoms with Gasteiger partial charge in [-0.2, -0.15) is 0 Å². The molecule has 2 N–H and O–H groups in total. The summed E-state index contributed by atoms with van der Waals surface area (Å²) in [6.45, 7) is 4.21. The number of amides is 1. The second kappa shape index (κ2) is 5.54. The lowest BCUT2D eigenvalue weighted by atomic mass is 9.82. The molecule has 1 amide bonds. The minimum atomic E-state index is -0.213. The summed E-state index contributed by atoms with van der Waals surface area (Å²) in [5.74, 6) is 0.000926. The van der Waals surface area contributed by atoms with Crippen LogP contribution in [0.4, 0.5) is 0 Å². The van der Waals surface area contributed by atoms with Gasteiger partial charge in [0.05, 0.1) is 5.92 Å². The van der Waals surface area contributed by atoms with E-state index in [1.807, 2.05) is 30.3 Å². The van der Waals surface area contributed by atoms with Crippen LogP contribution in [0.1, 0.15) is 38.2 Å². The molecule has 82 valence electrons. The lowest BCUT2D eigenvalue weighted by Crippen LogP contribution is -2.27. The number of rotatable bonds is 5. The molecule has 1 aromatic carbocycles. The van der Waals surface area contributed by atoms with E-state index in [9.17, 15) is 4.79 Å². The molecule has 0 bridgehead atoms. The van der Waals surface area contributed by atoms with Crippen LogP contribution in [0.5, 0.6) is 0 Å². The van der Waals surface area contributed by atoms with E-state index in [0.29, 0.717) is 5.92 Å². The van der Waals surface area contributed by atoms with Crippen LogP contribution in [0.25, 0.3) is 0 Å². The molecule has 0 aliphatic carbocycles. The summed E-state index contributed by atoms with van der Waals surface area (Å²) in [4.78, 5) is 11.5. The molecule has 2 heteroatoms. The molecule has 1 unspecified atom stereocenters. The van der Waals surface area contributed by atoms with Gasteiger partial charge in [-0.1, -0.05) is 57.0 Å². The summed E-state index contributed by atoms with van der Waals surface area (Å²) in [5.41, 5.74) is 6.52. The van der Waals surface area contributed by atoms with Gasteiger partial charge in [0.1, 0.15) is 0 Å². The lowest BCUT2D eigenvalue weighted by molar-refractivity contribution is -0.120. The maximum Gasteiger partial charge on any atom is 0.225 e. The van der Waals surface area contributed by atoms with Crippen LogP contribution in [0.2, 0.25) is 0 Å². The highest BCUT2D eigenvalue weighted by Crippen LogP contribution is 2.29. The second-order valence-electron chi connectivity index (χ2n) is 3.87. The molecule has 0 aromatic heterocycles. The predicted octanol–water partition coefficient (Wildman–Crippen LogP) is 2.69. The summed E-state index contributed by atoms with van der Waals surface area (Å²) in [5, 5.41) is 0. The van der Waals surface area contributed by atoms with E-state index in [2.05, 4.69) is 13.8 Å². The van der Waals surface area contributed by atoms with Gasteiger partial charge >= 0.3 is 0 Å². The Balaban J connectivity index is 2.97. The van der Waals surface area contributed by atoms with Crippen LogP contribution in [-0.4, -0.2) is 5.91 Å². The Morgan fingerprint density at radius 3 is 2.13 bits per heavy atom. The monoisotopic (exact) mass is 205 g/mol. The van der Waals surface area contributed by atoms with Crippen LogP contribution in [0.3, 0.4) is 0 Å². The molecule has 0 saturated heterocycles. The number of carbonyl (C=O) groups excluding carboxylic acids is 1. The van der Waals surface area contributed by atoms with Gasteiger partial charge in [0.2, 0.25) is 5.91 Å². The Labute approximate surface area is 91.5 Å². The van der Waals surface area contributed by atoms with Crippen LogP contribution < -0.4 is 5.73 Å². The molecule has 0 spiro atoms. The molecular formula is C13H19NO. The number of carbonyl (C=O) groups is 1. The van der Waals surface area contributed by atoms with Gasteiger partial charge < -0.3 is 5.73 Å². The largest absolute Gasteiger partial charge is 0.369 e. The van der Waals surface area contributed by atoms with Crippen molar-refractivity contribution in [1.82, 2.24) is 0 Å². The average Bonchev–Trinajstić information content (AvgIpc) is 2.26. The van der Waals surface area contributed by atoms with Crippen molar-refractivity contribution in [2.45, 2.75) is 32.6 Å². The first-order chi connectivity index (χ1) is 7.20. The lowest BCUT2D eigenvalue weighted by Gasteiger charge is -2.22. The topological polar surface area (TPSA) is 43.1 Å². The van der Waals surface area contributed by atoms with Crippen molar-refractivity contribution in [2.24, 2.45) is 11.7 Å². The fourth-order valence-corrected chi connectivity index (χ4v) is 2.09. The molecule has 1 atom stereocenters. The van der Waals surface area contributed by atoms with Crippen LogP contribution in [-0.2, 0) is 4.79 Å². The number of nitrogens with two attached hydrogens (primary N) is 1. The normalized spacial score (nSPS) is 12.7. The van der Waals surface area contributed by atoms with Crippen molar-refractivity contribution in [3.63, 3.8) is 0 Å². The average molecular weight is 205 g/mol. The van der Waals surface area contributed by atoms with E-state index in [-0.39, 0.29) is 11.8 Å². The maximum atomic E-state index is 11.5. The second-order valence-corrected chi connectivity index (χ2v) is 3.87. The summed E-state index contributed by atoms with van der Waals surface area (Å²) in [6.07, 6.45) is 1.97. The number of hydrogen-bond donors (Lipinski definition) is 1. The van der Waals surface area contributed by atoms with Gasteiger partial charge in [-0.3, -0.25) is 4.79 Å². The molecule has 2 nitrogen and oxygen atoms in total. The molecule has 1 rings (SSSR count). The summed E-state index contributed by atoms with van der Waals surface area (Å²) < 4.78 is 0. The van der Waals surface area contributed by atoms with Crippen molar-refractivity contribution in [1.29, 1.82) is 0 Å². The molecular weight excluding hydrogens is 186 g/mol. The van der Waals surface area contributed by atoms with Crippen LogP contribution in [0.15, 0.2) is 30.3 Å². The number of benzene rings is 1.